The molecule has 0 radical (unpaired) electrons. The molecule has 0 rings (SSSR count). The van der Waals surface area contributed by atoms with Crippen molar-refractivity contribution in [3.8, 4) is 0 Å². The van der Waals surface area contributed by atoms with E-state index in [1.165, 1.54) is 36.8 Å². The summed E-state index contributed by atoms with van der Waals surface area (Å²) in [5.41, 5.74) is 2.82. The molecule has 0 spiro atoms. The van der Waals surface area contributed by atoms with Crippen LogP contribution < -0.4 is 0 Å². The summed E-state index contributed by atoms with van der Waals surface area (Å²) in [5, 5.41) is 0. The molecule has 11 heavy (non-hydrogen) atoms. The van der Waals surface area contributed by atoms with Gasteiger partial charge in [-0.3, -0.25) is 0 Å². The number of allylic oxidation sites excluding steroid dienone is 3. The summed E-state index contributed by atoms with van der Waals surface area (Å²) < 4.78 is 0. The van der Waals surface area contributed by atoms with Gasteiger partial charge in [-0.2, -0.15) is 0 Å². The molecule has 64 valence electrons. The Morgan fingerprint density at radius 3 is 2.36 bits per heavy atom. The van der Waals surface area contributed by atoms with E-state index in [0.717, 1.165) is 0 Å². The molecule has 0 aliphatic carbocycles. The third-order valence-electron chi connectivity index (χ3n) is 1.73. The standard InChI is InChI=1S/C11H20/c1-5-7-11(4)9-6-8-10(2)3/h7H,2,5-6,8-9H2,1,3-4H3/b11-7-. The summed E-state index contributed by atoms with van der Waals surface area (Å²) in [6.07, 6.45) is 7.14. The fraction of sp³-hybridized carbons (Fsp3) is 0.636. The predicted molar refractivity (Wildman–Crippen MR) is 52.7 cm³/mol. The number of rotatable bonds is 5. The van der Waals surface area contributed by atoms with Crippen molar-refractivity contribution in [3.05, 3.63) is 23.8 Å². The van der Waals surface area contributed by atoms with Gasteiger partial charge < -0.3 is 0 Å². The summed E-state index contributed by atoms with van der Waals surface area (Å²) in [4.78, 5) is 0. The zero-order valence-corrected chi connectivity index (χ0v) is 8.11. The molecular weight excluding hydrogens is 132 g/mol. The second kappa shape index (κ2) is 6.21. The van der Waals surface area contributed by atoms with Crippen LogP contribution in [0.25, 0.3) is 0 Å². The van der Waals surface area contributed by atoms with Crippen LogP contribution in [0.1, 0.15) is 46.5 Å². The van der Waals surface area contributed by atoms with Crippen molar-refractivity contribution >= 4 is 0 Å². The van der Waals surface area contributed by atoms with Gasteiger partial charge >= 0.3 is 0 Å². The maximum absolute atomic E-state index is 3.88. The molecule has 0 aromatic rings. The molecule has 0 nitrogen and oxygen atoms in total. The zero-order valence-electron chi connectivity index (χ0n) is 8.11. The average molecular weight is 152 g/mol. The van der Waals surface area contributed by atoms with Gasteiger partial charge in [-0.05, 0) is 39.5 Å². The van der Waals surface area contributed by atoms with Gasteiger partial charge in [0.15, 0.2) is 0 Å². The molecule has 0 aliphatic rings. The van der Waals surface area contributed by atoms with Crippen molar-refractivity contribution in [1.29, 1.82) is 0 Å². The third-order valence-corrected chi connectivity index (χ3v) is 1.73. The van der Waals surface area contributed by atoms with E-state index in [4.69, 9.17) is 0 Å². The molecule has 0 N–H and O–H groups in total. The highest BCUT2D eigenvalue weighted by atomic mass is 14.0. The van der Waals surface area contributed by atoms with E-state index in [2.05, 4.69) is 33.4 Å². The first-order valence-corrected chi connectivity index (χ1v) is 4.46. The summed E-state index contributed by atoms with van der Waals surface area (Å²) >= 11 is 0. The summed E-state index contributed by atoms with van der Waals surface area (Å²) in [7, 11) is 0. The Balaban J connectivity index is 3.38. The van der Waals surface area contributed by atoms with Crippen LogP contribution in [0.4, 0.5) is 0 Å². The van der Waals surface area contributed by atoms with E-state index >= 15 is 0 Å². The second-order valence-corrected chi connectivity index (χ2v) is 3.27. The SMILES string of the molecule is C=C(C)CCC/C(C)=C\CC. The van der Waals surface area contributed by atoms with Crippen molar-refractivity contribution in [1.82, 2.24) is 0 Å². The molecule has 0 amide bonds. The van der Waals surface area contributed by atoms with Crippen LogP contribution in [-0.4, -0.2) is 0 Å². The van der Waals surface area contributed by atoms with Crippen molar-refractivity contribution in [2.24, 2.45) is 0 Å². The van der Waals surface area contributed by atoms with Crippen LogP contribution in [0.2, 0.25) is 0 Å². The molecule has 0 bridgehead atoms. The highest BCUT2D eigenvalue weighted by Gasteiger charge is 1.90. The normalized spacial score (nSPS) is 11.7. The van der Waals surface area contributed by atoms with Crippen LogP contribution in [0.3, 0.4) is 0 Å². The van der Waals surface area contributed by atoms with Crippen molar-refractivity contribution in [2.45, 2.75) is 46.5 Å². The van der Waals surface area contributed by atoms with E-state index in [1.807, 2.05) is 0 Å². The first kappa shape index (κ1) is 10.5. The molecule has 0 aromatic heterocycles. The lowest BCUT2D eigenvalue weighted by Crippen LogP contribution is -1.80. The molecule has 0 heteroatoms. The molecule has 0 aliphatic heterocycles. The van der Waals surface area contributed by atoms with E-state index in [9.17, 15) is 0 Å². The van der Waals surface area contributed by atoms with E-state index in [0.29, 0.717) is 0 Å². The first-order chi connectivity index (χ1) is 5.16. The summed E-state index contributed by atoms with van der Waals surface area (Å²) in [5.74, 6) is 0. The summed E-state index contributed by atoms with van der Waals surface area (Å²) in [6.45, 7) is 10.4. The molecule has 0 heterocycles. The molecule has 0 saturated heterocycles. The predicted octanol–water partition coefficient (Wildman–Crippen LogP) is 4.09. The molecule has 0 unspecified atom stereocenters. The van der Waals surface area contributed by atoms with Gasteiger partial charge in [0.25, 0.3) is 0 Å². The molecule has 0 saturated carbocycles. The second-order valence-electron chi connectivity index (χ2n) is 3.27. The topological polar surface area (TPSA) is 0 Å². The lowest BCUT2D eigenvalue weighted by atomic mass is 10.1. The fourth-order valence-electron chi connectivity index (χ4n) is 1.12. The monoisotopic (exact) mass is 152 g/mol. The quantitative estimate of drug-likeness (QED) is 0.520. The van der Waals surface area contributed by atoms with Gasteiger partial charge in [-0.25, -0.2) is 0 Å². The lowest BCUT2D eigenvalue weighted by molar-refractivity contribution is 0.801. The summed E-state index contributed by atoms with van der Waals surface area (Å²) in [6, 6.07) is 0. The Bertz CT molecular complexity index is 140. The number of hydrogen-bond donors (Lipinski definition) is 0. The number of hydrogen-bond acceptors (Lipinski definition) is 0. The highest BCUT2D eigenvalue weighted by Crippen LogP contribution is 2.10. The Morgan fingerprint density at radius 2 is 1.91 bits per heavy atom. The van der Waals surface area contributed by atoms with Crippen LogP contribution in [0.15, 0.2) is 23.8 Å². The van der Waals surface area contributed by atoms with E-state index in [1.54, 1.807) is 0 Å². The minimum Gasteiger partial charge on any atom is -0.100 e. The fourth-order valence-corrected chi connectivity index (χ4v) is 1.12. The van der Waals surface area contributed by atoms with Crippen LogP contribution in [-0.2, 0) is 0 Å². The Hall–Kier alpha value is -0.520. The maximum atomic E-state index is 3.88. The van der Waals surface area contributed by atoms with Gasteiger partial charge in [-0.15, -0.1) is 6.58 Å². The molecular formula is C11H20. The maximum Gasteiger partial charge on any atom is -0.0320 e. The molecule has 0 fully saturated rings. The van der Waals surface area contributed by atoms with Crippen LogP contribution >= 0.6 is 0 Å². The minimum absolute atomic E-state index is 1.17. The molecule has 0 aromatic carbocycles. The Labute approximate surface area is 71.0 Å². The first-order valence-electron chi connectivity index (χ1n) is 4.46. The molecule has 0 atom stereocenters. The Morgan fingerprint density at radius 1 is 1.27 bits per heavy atom. The van der Waals surface area contributed by atoms with Crippen molar-refractivity contribution in [2.75, 3.05) is 0 Å². The van der Waals surface area contributed by atoms with E-state index in [-0.39, 0.29) is 0 Å². The van der Waals surface area contributed by atoms with Crippen LogP contribution in [0.5, 0.6) is 0 Å². The lowest BCUT2D eigenvalue weighted by Gasteiger charge is -2.00. The minimum atomic E-state index is 1.17. The smallest absolute Gasteiger partial charge is 0.0320 e. The van der Waals surface area contributed by atoms with Gasteiger partial charge in [0, 0.05) is 0 Å². The Kier molecular flexibility index (Phi) is 5.91. The third kappa shape index (κ3) is 7.38. The van der Waals surface area contributed by atoms with Crippen molar-refractivity contribution < 1.29 is 0 Å². The highest BCUT2D eigenvalue weighted by molar-refractivity contribution is 4.98. The van der Waals surface area contributed by atoms with E-state index < -0.39 is 0 Å². The van der Waals surface area contributed by atoms with Gasteiger partial charge in [0.1, 0.15) is 0 Å². The largest absolute Gasteiger partial charge is 0.100 e. The van der Waals surface area contributed by atoms with Gasteiger partial charge in [0.05, 0.1) is 0 Å². The van der Waals surface area contributed by atoms with Crippen LogP contribution in [0, 0.1) is 0 Å². The van der Waals surface area contributed by atoms with Gasteiger partial charge in [0.2, 0.25) is 0 Å². The zero-order chi connectivity index (χ0) is 8.69. The average Bonchev–Trinajstić information content (AvgIpc) is 1.87. The van der Waals surface area contributed by atoms with Gasteiger partial charge in [-0.1, -0.05) is 24.1 Å². The van der Waals surface area contributed by atoms with Crippen molar-refractivity contribution in [3.63, 3.8) is 0 Å².